The number of halogens is 1. The number of anilines is 1. The van der Waals surface area contributed by atoms with Crippen molar-refractivity contribution >= 4 is 17.5 Å². The number of rotatable bonds is 3. The molecule has 25 heavy (non-hydrogen) atoms. The summed E-state index contributed by atoms with van der Waals surface area (Å²) in [6.45, 7) is 4.42. The lowest BCUT2D eigenvalue weighted by Gasteiger charge is -2.24. The molecule has 1 aliphatic heterocycles. The quantitative estimate of drug-likeness (QED) is 0.926. The van der Waals surface area contributed by atoms with Crippen molar-refractivity contribution < 1.29 is 14.0 Å². The monoisotopic (exact) mass is 340 g/mol. The summed E-state index contributed by atoms with van der Waals surface area (Å²) in [5.41, 5.74) is 3.17. The molecule has 1 saturated heterocycles. The lowest BCUT2D eigenvalue weighted by molar-refractivity contribution is -0.119. The van der Waals surface area contributed by atoms with E-state index in [-0.39, 0.29) is 17.6 Å². The molecule has 1 N–H and O–H groups in total. The van der Waals surface area contributed by atoms with Crippen LogP contribution in [0.25, 0.3) is 0 Å². The van der Waals surface area contributed by atoms with Crippen molar-refractivity contribution in [2.24, 2.45) is 0 Å². The van der Waals surface area contributed by atoms with Gasteiger partial charge in [-0.1, -0.05) is 18.2 Å². The molecule has 2 amide bonds. The van der Waals surface area contributed by atoms with Crippen molar-refractivity contribution in [3.63, 3.8) is 0 Å². The Bertz CT molecular complexity index is 782. The van der Waals surface area contributed by atoms with Gasteiger partial charge in [-0.15, -0.1) is 0 Å². The molecule has 1 heterocycles. The van der Waals surface area contributed by atoms with Crippen LogP contribution >= 0.6 is 0 Å². The third-order valence-corrected chi connectivity index (χ3v) is 4.64. The average molecular weight is 340 g/mol. The molecule has 0 bridgehead atoms. The first-order chi connectivity index (χ1) is 12.0. The first-order valence-electron chi connectivity index (χ1n) is 8.41. The minimum absolute atomic E-state index is 0.176. The maximum Gasteiger partial charge on any atom is 0.254 e. The minimum Gasteiger partial charge on any atom is -0.327 e. The van der Waals surface area contributed by atoms with E-state index in [1.165, 1.54) is 24.3 Å². The predicted molar refractivity (Wildman–Crippen MR) is 95.0 cm³/mol. The second kappa shape index (κ2) is 7.05. The van der Waals surface area contributed by atoms with Gasteiger partial charge in [0.25, 0.3) is 5.91 Å². The summed E-state index contributed by atoms with van der Waals surface area (Å²) in [6.07, 6.45) is 1.40. The molecule has 4 nitrogen and oxygen atoms in total. The highest BCUT2D eigenvalue weighted by atomic mass is 19.1. The molecular formula is C20H21FN2O2. The summed E-state index contributed by atoms with van der Waals surface area (Å²) < 4.78 is 13.1. The van der Waals surface area contributed by atoms with Gasteiger partial charge in [0.2, 0.25) is 5.91 Å². The van der Waals surface area contributed by atoms with Gasteiger partial charge in [0.1, 0.15) is 11.9 Å². The van der Waals surface area contributed by atoms with Crippen LogP contribution in [0.15, 0.2) is 42.5 Å². The number of carbonyl (C=O) groups excluding carboxylic acids is 2. The average Bonchev–Trinajstić information content (AvgIpc) is 3.08. The maximum absolute atomic E-state index is 13.1. The van der Waals surface area contributed by atoms with E-state index in [1.54, 1.807) is 4.90 Å². The Morgan fingerprint density at radius 1 is 1.08 bits per heavy atom. The Morgan fingerprint density at radius 2 is 1.72 bits per heavy atom. The Hall–Kier alpha value is -2.69. The third kappa shape index (κ3) is 3.55. The van der Waals surface area contributed by atoms with E-state index in [1.807, 2.05) is 32.0 Å². The topological polar surface area (TPSA) is 49.4 Å². The first-order valence-corrected chi connectivity index (χ1v) is 8.41. The minimum atomic E-state index is -0.503. The number of nitrogens with one attached hydrogen (secondary N) is 1. The summed E-state index contributed by atoms with van der Waals surface area (Å²) in [6, 6.07) is 10.8. The largest absolute Gasteiger partial charge is 0.327 e. The summed E-state index contributed by atoms with van der Waals surface area (Å²) >= 11 is 0. The normalized spacial score (nSPS) is 16.8. The Morgan fingerprint density at radius 3 is 2.36 bits per heavy atom. The van der Waals surface area contributed by atoms with Gasteiger partial charge in [-0.05, 0) is 62.1 Å². The van der Waals surface area contributed by atoms with E-state index >= 15 is 0 Å². The van der Waals surface area contributed by atoms with Crippen LogP contribution in [0.5, 0.6) is 0 Å². The Labute approximate surface area is 146 Å². The number of nitrogens with zero attached hydrogens (tertiary/aromatic N) is 1. The molecule has 0 aliphatic carbocycles. The number of para-hydroxylation sites is 1. The van der Waals surface area contributed by atoms with Crippen LogP contribution in [0.2, 0.25) is 0 Å². The molecule has 130 valence electrons. The van der Waals surface area contributed by atoms with Crippen molar-refractivity contribution in [1.82, 2.24) is 4.90 Å². The molecular weight excluding hydrogens is 319 g/mol. The molecule has 1 unspecified atom stereocenters. The van der Waals surface area contributed by atoms with Gasteiger partial charge in [-0.2, -0.15) is 0 Å². The zero-order valence-electron chi connectivity index (χ0n) is 14.4. The van der Waals surface area contributed by atoms with Gasteiger partial charge in [0.15, 0.2) is 0 Å². The summed E-state index contributed by atoms with van der Waals surface area (Å²) in [7, 11) is 0. The fraction of sp³-hybridized carbons (Fsp3) is 0.300. The predicted octanol–water partition coefficient (Wildman–Crippen LogP) is 3.69. The number of amides is 2. The second-order valence-corrected chi connectivity index (χ2v) is 6.42. The number of aryl methyl sites for hydroxylation is 2. The van der Waals surface area contributed by atoms with Crippen molar-refractivity contribution in [1.29, 1.82) is 0 Å². The molecule has 0 saturated carbocycles. The number of hydrogen-bond acceptors (Lipinski definition) is 2. The van der Waals surface area contributed by atoms with Gasteiger partial charge < -0.3 is 10.2 Å². The summed E-state index contributed by atoms with van der Waals surface area (Å²) in [5.74, 6) is -0.799. The van der Waals surface area contributed by atoms with Gasteiger partial charge in [-0.3, -0.25) is 9.59 Å². The highest BCUT2D eigenvalue weighted by Crippen LogP contribution is 2.24. The van der Waals surface area contributed by atoms with Crippen LogP contribution < -0.4 is 5.32 Å². The Kier molecular flexibility index (Phi) is 4.83. The number of carbonyl (C=O) groups is 2. The second-order valence-electron chi connectivity index (χ2n) is 6.42. The lowest BCUT2D eigenvalue weighted by atomic mass is 10.1. The van der Waals surface area contributed by atoms with Crippen LogP contribution in [0.4, 0.5) is 10.1 Å². The lowest BCUT2D eigenvalue weighted by Crippen LogP contribution is -2.43. The van der Waals surface area contributed by atoms with Crippen LogP contribution in [0, 0.1) is 19.7 Å². The van der Waals surface area contributed by atoms with Crippen LogP contribution in [0.3, 0.4) is 0 Å². The number of hydrogen-bond donors (Lipinski definition) is 1. The molecule has 5 heteroatoms. The van der Waals surface area contributed by atoms with Crippen LogP contribution in [-0.2, 0) is 4.79 Å². The molecule has 0 radical (unpaired) electrons. The highest BCUT2D eigenvalue weighted by molar-refractivity contribution is 6.02. The van der Waals surface area contributed by atoms with E-state index < -0.39 is 6.04 Å². The standard InChI is InChI=1S/C20H21FN2O2/c1-13-5-3-6-14(2)18(13)22-19(24)17-7-4-12-23(17)20(25)15-8-10-16(21)11-9-15/h3,5-6,8-11,17H,4,7,12H2,1-2H3,(H,22,24). The fourth-order valence-corrected chi connectivity index (χ4v) is 3.26. The number of likely N-dealkylation sites (tertiary alicyclic amines) is 1. The van der Waals surface area contributed by atoms with Crippen molar-refractivity contribution in [3.05, 3.63) is 65.0 Å². The van der Waals surface area contributed by atoms with E-state index in [4.69, 9.17) is 0 Å². The molecule has 1 fully saturated rings. The van der Waals surface area contributed by atoms with E-state index in [2.05, 4.69) is 5.32 Å². The van der Waals surface area contributed by atoms with Crippen LogP contribution in [0.1, 0.15) is 34.3 Å². The molecule has 2 aromatic rings. The fourth-order valence-electron chi connectivity index (χ4n) is 3.26. The Balaban J connectivity index is 1.78. The summed E-state index contributed by atoms with van der Waals surface area (Å²) in [4.78, 5) is 27.0. The van der Waals surface area contributed by atoms with Gasteiger partial charge in [-0.25, -0.2) is 4.39 Å². The molecule has 0 aromatic heterocycles. The maximum atomic E-state index is 13.1. The molecule has 1 aliphatic rings. The third-order valence-electron chi connectivity index (χ3n) is 4.64. The van der Waals surface area contributed by atoms with Gasteiger partial charge in [0, 0.05) is 17.8 Å². The van der Waals surface area contributed by atoms with Crippen molar-refractivity contribution in [3.8, 4) is 0 Å². The van der Waals surface area contributed by atoms with E-state index in [0.717, 1.165) is 23.2 Å². The molecule has 2 aromatic carbocycles. The van der Waals surface area contributed by atoms with Crippen LogP contribution in [-0.4, -0.2) is 29.3 Å². The zero-order chi connectivity index (χ0) is 18.0. The highest BCUT2D eigenvalue weighted by Gasteiger charge is 2.34. The SMILES string of the molecule is Cc1cccc(C)c1NC(=O)C1CCCN1C(=O)c1ccc(F)cc1. The van der Waals surface area contributed by atoms with Crippen molar-refractivity contribution in [2.75, 3.05) is 11.9 Å². The molecule has 1 atom stereocenters. The summed E-state index contributed by atoms with van der Waals surface area (Å²) in [5, 5.41) is 2.97. The number of benzene rings is 2. The van der Waals surface area contributed by atoms with Crippen molar-refractivity contribution in [2.45, 2.75) is 32.7 Å². The molecule has 0 spiro atoms. The first kappa shape index (κ1) is 17.1. The zero-order valence-corrected chi connectivity index (χ0v) is 14.4. The molecule has 3 rings (SSSR count). The van der Waals surface area contributed by atoms with Gasteiger partial charge in [0.05, 0.1) is 0 Å². The van der Waals surface area contributed by atoms with Gasteiger partial charge >= 0.3 is 0 Å². The van der Waals surface area contributed by atoms with E-state index in [0.29, 0.717) is 18.5 Å². The smallest absolute Gasteiger partial charge is 0.254 e. The van der Waals surface area contributed by atoms with E-state index in [9.17, 15) is 14.0 Å².